The number of benzene rings is 2. The summed E-state index contributed by atoms with van der Waals surface area (Å²) in [6.07, 6.45) is 1.47. The summed E-state index contributed by atoms with van der Waals surface area (Å²) >= 11 is 6.22. The number of hydrogen-bond acceptors (Lipinski definition) is 5. The van der Waals surface area contributed by atoms with Gasteiger partial charge in [0.2, 0.25) is 0 Å². The van der Waals surface area contributed by atoms with E-state index in [0.29, 0.717) is 48.2 Å². The molecule has 0 saturated carbocycles. The van der Waals surface area contributed by atoms with Crippen molar-refractivity contribution in [3.63, 3.8) is 0 Å². The molecule has 0 spiro atoms. The van der Waals surface area contributed by atoms with E-state index in [9.17, 15) is 14.9 Å². The van der Waals surface area contributed by atoms with Crippen LogP contribution in [-0.4, -0.2) is 41.9 Å². The van der Waals surface area contributed by atoms with Crippen molar-refractivity contribution in [1.82, 2.24) is 4.90 Å². The third kappa shape index (κ3) is 3.82. The summed E-state index contributed by atoms with van der Waals surface area (Å²) in [5.74, 6) is 0.517. The molecule has 29 heavy (non-hydrogen) atoms. The highest BCUT2D eigenvalue weighted by molar-refractivity contribution is 6.33. The third-order valence-corrected chi connectivity index (χ3v) is 5.26. The molecule has 1 fully saturated rings. The van der Waals surface area contributed by atoms with Gasteiger partial charge in [-0.3, -0.25) is 14.9 Å². The fraction of sp³-hybridized carbons (Fsp3) is 0.190. The van der Waals surface area contributed by atoms with E-state index in [4.69, 9.17) is 16.0 Å². The number of amides is 1. The van der Waals surface area contributed by atoms with Crippen LogP contribution in [0.15, 0.2) is 65.3 Å². The minimum absolute atomic E-state index is 0.0281. The standard InChI is InChI=1S/C21H18ClN3O4/c22-17-7-4-8-18(25(27)28)20(17)23-9-11-24(12-10-23)21(26)16-13-19(29-14-16)15-5-2-1-3-6-15/h1-8,13-14H,9-12H2. The third-order valence-electron chi connectivity index (χ3n) is 4.95. The van der Waals surface area contributed by atoms with Crippen LogP contribution >= 0.6 is 11.6 Å². The number of nitro groups is 1. The second-order valence-corrected chi connectivity index (χ2v) is 7.12. The second kappa shape index (κ2) is 7.97. The Morgan fingerprint density at radius 3 is 2.45 bits per heavy atom. The van der Waals surface area contributed by atoms with Crippen molar-refractivity contribution in [3.05, 3.63) is 81.6 Å². The molecule has 0 N–H and O–H groups in total. The molecular weight excluding hydrogens is 394 g/mol. The largest absolute Gasteiger partial charge is 0.464 e. The Balaban J connectivity index is 1.46. The van der Waals surface area contributed by atoms with Crippen molar-refractivity contribution in [3.8, 4) is 11.3 Å². The highest BCUT2D eigenvalue weighted by atomic mass is 35.5. The van der Waals surface area contributed by atoms with Gasteiger partial charge in [0.1, 0.15) is 17.7 Å². The maximum absolute atomic E-state index is 12.8. The van der Waals surface area contributed by atoms with E-state index >= 15 is 0 Å². The molecule has 2 aromatic carbocycles. The minimum Gasteiger partial charge on any atom is -0.464 e. The van der Waals surface area contributed by atoms with E-state index in [0.717, 1.165) is 5.56 Å². The molecule has 4 rings (SSSR count). The van der Waals surface area contributed by atoms with Crippen molar-refractivity contribution >= 4 is 28.9 Å². The van der Waals surface area contributed by atoms with Crippen LogP contribution in [0.2, 0.25) is 5.02 Å². The summed E-state index contributed by atoms with van der Waals surface area (Å²) in [5.41, 5.74) is 1.77. The molecule has 1 aromatic heterocycles. The average molecular weight is 412 g/mol. The molecule has 1 amide bonds. The number of rotatable bonds is 4. The lowest BCUT2D eigenvalue weighted by molar-refractivity contribution is -0.384. The molecule has 1 aliphatic heterocycles. The second-order valence-electron chi connectivity index (χ2n) is 6.71. The number of para-hydroxylation sites is 1. The molecule has 8 heteroatoms. The summed E-state index contributed by atoms with van der Waals surface area (Å²) in [6.45, 7) is 1.79. The maximum Gasteiger partial charge on any atom is 0.294 e. The summed E-state index contributed by atoms with van der Waals surface area (Å²) in [6, 6.07) is 16.0. The predicted octanol–water partition coefficient (Wildman–Crippen LogP) is 4.47. The van der Waals surface area contributed by atoms with E-state index in [1.54, 1.807) is 23.1 Å². The summed E-state index contributed by atoms with van der Waals surface area (Å²) < 4.78 is 5.56. The quantitative estimate of drug-likeness (QED) is 0.467. The van der Waals surface area contributed by atoms with E-state index in [-0.39, 0.29) is 11.6 Å². The van der Waals surface area contributed by atoms with Gasteiger partial charge in [-0.2, -0.15) is 0 Å². The van der Waals surface area contributed by atoms with Crippen molar-refractivity contribution < 1.29 is 14.1 Å². The van der Waals surface area contributed by atoms with Crippen molar-refractivity contribution in [2.24, 2.45) is 0 Å². The highest BCUT2D eigenvalue weighted by Gasteiger charge is 2.28. The molecule has 0 unspecified atom stereocenters. The topological polar surface area (TPSA) is 79.8 Å². The lowest BCUT2D eigenvalue weighted by Crippen LogP contribution is -2.49. The molecule has 148 valence electrons. The number of halogens is 1. The SMILES string of the molecule is O=C(c1coc(-c2ccccc2)c1)N1CCN(c2c(Cl)cccc2[N+](=O)[O-])CC1. The molecule has 0 atom stereocenters. The van der Waals surface area contributed by atoms with Gasteiger partial charge in [-0.05, 0) is 12.1 Å². The van der Waals surface area contributed by atoms with E-state index < -0.39 is 4.92 Å². The van der Waals surface area contributed by atoms with Crippen LogP contribution in [0, 0.1) is 10.1 Å². The van der Waals surface area contributed by atoms with Gasteiger partial charge < -0.3 is 14.2 Å². The van der Waals surface area contributed by atoms with Gasteiger partial charge in [0.15, 0.2) is 0 Å². The molecule has 0 aliphatic carbocycles. The van der Waals surface area contributed by atoms with Crippen LogP contribution in [-0.2, 0) is 0 Å². The maximum atomic E-state index is 12.8. The number of anilines is 1. The zero-order chi connectivity index (χ0) is 20.4. The molecule has 2 heterocycles. The first kappa shape index (κ1) is 19.0. The van der Waals surface area contributed by atoms with Crippen molar-refractivity contribution in [2.45, 2.75) is 0 Å². The molecule has 0 bridgehead atoms. The summed E-state index contributed by atoms with van der Waals surface area (Å²) in [4.78, 5) is 27.3. The molecule has 1 aliphatic rings. The number of carbonyl (C=O) groups is 1. The molecule has 3 aromatic rings. The molecule has 0 radical (unpaired) electrons. The Morgan fingerprint density at radius 1 is 1.03 bits per heavy atom. The first-order valence-electron chi connectivity index (χ1n) is 9.15. The fourth-order valence-corrected chi connectivity index (χ4v) is 3.77. The van der Waals surface area contributed by atoms with Gasteiger partial charge >= 0.3 is 0 Å². The number of nitro benzene ring substituents is 1. The van der Waals surface area contributed by atoms with Crippen molar-refractivity contribution in [2.75, 3.05) is 31.1 Å². The van der Waals surface area contributed by atoms with Crippen LogP contribution in [0.4, 0.5) is 11.4 Å². The van der Waals surface area contributed by atoms with Gasteiger partial charge in [0.05, 0.1) is 15.5 Å². The van der Waals surface area contributed by atoms with Gasteiger partial charge in [-0.15, -0.1) is 0 Å². The Labute approximate surface area is 172 Å². The zero-order valence-corrected chi connectivity index (χ0v) is 16.2. The lowest BCUT2D eigenvalue weighted by Gasteiger charge is -2.36. The Bertz CT molecular complexity index is 1040. The first-order valence-corrected chi connectivity index (χ1v) is 9.53. The van der Waals surface area contributed by atoms with Crippen LogP contribution < -0.4 is 4.90 Å². The average Bonchev–Trinajstić information content (AvgIpc) is 3.24. The van der Waals surface area contributed by atoms with Crippen LogP contribution in [0.5, 0.6) is 0 Å². The number of hydrogen-bond donors (Lipinski definition) is 0. The van der Waals surface area contributed by atoms with E-state index in [2.05, 4.69) is 0 Å². The summed E-state index contributed by atoms with van der Waals surface area (Å²) in [7, 11) is 0. The molecule has 1 saturated heterocycles. The molecular formula is C21H18ClN3O4. The van der Waals surface area contributed by atoms with Gasteiger partial charge in [-0.1, -0.05) is 48.0 Å². The number of nitrogens with zero attached hydrogens (tertiary/aromatic N) is 3. The van der Waals surface area contributed by atoms with Crippen LogP contribution in [0.25, 0.3) is 11.3 Å². The Morgan fingerprint density at radius 2 is 1.76 bits per heavy atom. The minimum atomic E-state index is -0.435. The monoisotopic (exact) mass is 411 g/mol. The number of carbonyl (C=O) groups excluding carboxylic acids is 1. The van der Waals surface area contributed by atoms with Crippen LogP contribution in [0.1, 0.15) is 10.4 Å². The number of furan rings is 1. The zero-order valence-electron chi connectivity index (χ0n) is 15.5. The van der Waals surface area contributed by atoms with Gasteiger partial charge in [0.25, 0.3) is 11.6 Å². The van der Waals surface area contributed by atoms with Crippen LogP contribution in [0.3, 0.4) is 0 Å². The highest BCUT2D eigenvalue weighted by Crippen LogP contribution is 2.36. The Kier molecular flexibility index (Phi) is 5.22. The van der Waals surface area contributed by atoms with Gasteiger partial charge in [0, 0.05) is 37.8 Å². The lowest BCUT2D eigenvalue weighted by atomic mass is 10.1. The predicted molar refractivity (Wildman–Crippen MR) is 110 cm³/mol. The van der Waals surface area contributed by atoms with Gasteiger partial charge in [-0.25, -0.2) is 0 Å². The summed E-state index contributed by atoms with van der Waals surface area (Å²) in [5, 5.41) is 11.7. The Hall–Kier alpha value is -3.32. The smallest absolute Gasteiger partial charge is 0.294 e. The normalized spacial score (nSPS) is 14.1. The molecule has 7 nitrogen and oxygen atoms in total. The number of piperazine rings is 1. The first-order chi connectivity index (χ1) is 14.0. The van der Waals surface area contributed by atoms with Crippen molar-refractivity contribution in [1.29, 1.82) is 0 Å². The fourth-order valence-electron chi connectivity index (χ4n) is 3.48. The van der Waals surface area contributed by atoms with E-state index in [1.165, 1.54) is 12.3 Å². The van der Waals surface area contributed by atoms with E-state index in [1.807, 2.05) is 35.2 Å².